The van der Waals surface area contributed by atoms with Crippen molar-refractivity contribution in [3.8, 4) is 0 Å². The Hall–Kier alpha value is -0.930. The number of carbonyl (C=O) groups is 2. The normalized spacial score (nSPS) is 11.7. The van der Waals surface area contributed by atoms with Crippen molar-refractivity contribution in [2.24, 2.45) is 0 Å². The van der Waals surface area contributed by atoms with Crippen LogP contribution < -0.4 is 0 Å². The highest BCUT2D eigenvalue weighted by molar-refractivity contribution is 7.97. The Labute approximate surface area is 279 Å². The van der Waals surface area contributed by atoms with Gasteiger partial charge in [-0.25, -0.2) is 4.98 Å². The van der Waals surface area contributed by atoms with E-state index in [1.165, 1.54) is 128 Å². The second-order valence-corrected chi connectivity index (χ2v) is 13.3. The third kappa shape index (κ3) is 21.4. The average Bonchev–Trinajstić information content (AvgIpc) is 3.43. The van der Waals surface area contributed by atoms with E-state index in [9.17, 15) is 9.59 Å². The molecule has 1 aromatic heterocycles. The molecule has 1 heterocycles. The lowest BCUT2D eigenvalue weighted by atomic mass is 10.1. The molecule has 0 saturated heterocycles. The van der Waals surface area contributed by atoms with Gasteiger partial charge < -0.3 is 9.80 Å². The van der Waals surface area contributed by atoms with Crippen molar-refractivity contribution in [2.45, 2.75) is 131 Å². The summed E-state index contributed by atoms with van der Waals surface area (Å²) in [7, 11) is 0. The number of thiol groups is 2. The smallest absolute Gasteiger partial charge is 0.196 e. The van der Waals surface area contributed by atoms with Gasteiger partial charge in [0.2, 0.25) is 0 Å². The maximum absolute atomic E-state index is 11.4. The molecule has 43 heavy (non-hydrogen) atoms. The van der Waals surface area contributed by atoms with E-state index in [1.807, 2.05) is 24.3 Å². The molecule has 0 aliphatic rings. The van der Waals surface area contributed by atoms with E-state index in [2.05, 4.69) is 81.6 Å². The molecule has 1 atom stereocenters. The summed E-state index contributed by atoms with van der Waals surface area (Å²) in [4.78, 5) is 32.0. The van der Waals surface area contributed by atoms with Crippen LogP contribution in [0, 0.1) is 0 Å². The minimum absolute atomic E-state index is 0.0330. The summed E-state index contributed by atoms with van der Waals surface area (Å²) < 4.78 is 0.994. The van der Waals surface area contributed by atoms with Gasteiger partial charge in [0, 0.05) is 6.42 Å². The molecule has 0 aliphatic carbocycles. The zero-order valence-corrected chi connectivity index (χ0v) is 30.9. The molecule has 2 aromatic rings. The first kappa shape index (κ1) is 42.1. The fraction of sp³-hybridized carbons (Fsp3) is 0.743. The standard InChI is InChI=1S/2C12H27N.C11H9NO2S3/c2*1-4-7-10-13(11-8-5-2)12-9-6-3;13-9(15)5-6(11(14)16)10-12-7-3-1-2-4-8(7)17-10/h2*4-12H2,1-3H3;1-4,6H,5H2,(H,13,15)(H,14,16). The molecular weight excluding hydrogens is 591 g/mol. The van der Waals surface area contributed by atoms with Gasteiger partial charge in [-0.1, -0.05) is 92.2 Å². The summed E-state index contributed by atoms with van der Waals surface area (Å²) in [6, 6.07) is 7.59. The van der Waals surface area contributed by atoms with E-state index in [4.69, 9.17) is 0 Å². The fourth-order valence-electron chi connectivity index (χ4n) is 4.46. The van der Waals surface area contributed by atoms with Crippen LogP contribution >= 0.6 is 36.6 Å². The molecule has 0 bridgehead atoms. The van der Waals surface area contributed by atoms with Gasteiger partial charge in [0.1, 0.15) is 5.01 Å². The molecule has 0 radical (unpaired) electrons. The van der Waals surface area contributed by atoms with Gasteiger partial charge in [-0.15, -0.1) is 36.6 Å². The van der Waals surface area contributed by atoms with Crippen LogP contribution in [0.2, 0.25) is 0 Å². The molecule has 1 unspecified atom stereocenters. The molecule has 0 saturated carbocycles. The minimum atomic E-state index is -0.597. The van der Waals surface area contributed by atoms with E-state index >= 15 is 0 Å². The van der Waals surface area contributed by atoms with E-state index in [0.29, 0.717) is 5.01 Å². The third-order valence-electron chi connectivity index (χ3n) is 7.25. The lowest BCUT2D eigenvalue weighted by Crippen LogP contribution is -2.27. The van der Waals surface area contributed by atoms with Crippen molar-refractivity contribution in [3.63, 3.8) is 0 Å². The minimum Gasteiger partial charge on any atom is -0.303 e. The van der Waals surface area contributed by atoms with Gasteiger partial charge in [0.05, 0.1) is 16.1 Å². The largest absolute Gasteiger partial charge is 0.303 e. The lowest BCUT2D eigenvalue weighted by Gasteiger charge is -2.21. The van der Waals surface area contributed by atoms with E-state index in [1.54, 1.807) is 0 Å². The van der Waals surface area contributed by atoms with Crippen molar-refractivity contribution in [1.82, 2.24) is 14.8 Å². The predicted molar refractivity (Wildman–Crippen MR) is 197 cm³/mol. The summed E-state index contributed by atoms with van der Waals surface area (Å²) in [5, 5.41) is -0.0725. The van der Waals surface area contributed by atoms with Gasteiger partial charge in [0.15, 0.2) is 10.2 Å². The molecule has 1 aromatic carbocycles. The van der Waals surface area contributed by atoms with Crippen LogP contribution in [0.25, 0.3) is 10.2 Å². The summed E-state index contributed by atoms with van der Waals surface area (Å²) in [5.74, 6) is -0.597. The Balaban J connectivity index is 0.000000627. The SMILES string of the molecule is CCCCN(CCCC)CCCC.CCCCN(CCCC)CCCC.O=C(S)CC(C(=O)S)c1nc2ccccc2s1. The van der Waals surface area contributed by atoms with Crippen LogP contribution in [-0.4, -0.2) is 64.3 Å². The lowest BCUT2D eigenvalue weighted by molar-refractivity contribution is -0.116. The van der Waals surface area contributed by atoms with Gasteiger partial charge in [-0.2, -0.15) is 0 Å². The van der Waals surface area contributed by atoms with Crippen LogP contribution in [0.5, 0.6) is 0 Å². The number of aromatic nitrogens is 1. The summed E-state index contributed by atoms with van der Waals surface area (Å²) in [6.07, 6.45) is 16.2. The number of unbranched alkanes of at least 4 members (excludes halogenated alkanes) is 6. The Morgan fingerprint density at radius 2 is 1.05 bits per heavy atom. The van der Waals surface area contributed by atoms with Gasteiger partial charge in [-0.05, 0) is 89.9 Å². The molecule has 8 heteroatoms. The van der Waals surface area contributed by atoms with Crippen LogP contribution in [-0.2, 0) is 9.59 Å². The highest BCUT2D eigenvalue weighted by Crippen LogP contribution is 2.31. The summed E-state index contributed by atoms with van der Waals surface area (Å²) in [5.41, 5.74) is 0.832. The molecule has 0 spiro atoms. The highest BCUT2D eigenvalue weighted by Gasteiger charge is 2.23. The number of rotatable bonds is 22. The summed E-state index contributed by atoms with van der Waals surface area (Å²) in [6.45, 7) is 21.5. The van der Waals surface area contributed by atoms with Gasteiger partial charge >= 0.3 is 0 Å². The maximum Gasteiger partial charge on any atom is 0.196 e. The van der Waals surface area contributed by atoms with Gasteiger partial charge in [-0.3, -0.25) is 9.59 Å². The van der Waals surface area contributed by atoms with Gasteiger partial charge in [0.25, 0.3) is 0 Å². The number of hydrogen-bond donors (Lipinski definition) is 2. The third-order valence-corrected chi connectivity index (χ3v) is 8.90. The fourth-order valence-corrected chi connectivity index (χ4v) is 6.01. The van der Waals surface area contributed by atoms with Crippen LogP contribution in [0.4, 0.5) is 0 Å². The maximum atomic E-state index is 11.4. The second-order valence-electron chi connectivity index (χ2n) is 11.3. The molecule has 248 valence electrons. The van der Waals surface area contributed by atoms with Crippen molar-refractivity contribution in [2.75, 3.05) is 39.3 Å². The number of thiazole rings is 1. The highest BCUT2D eigenvalue weighted by atomic mass is 32.1. The Morgan fingerprint density at radius 3 is 1.35 bits per heavy atom. The van der Waals surface area contributed by atoms with Crippen molar-refractivity contribution >= 4 is 57.0 Å². The Bertz CT molecular complexity index is 858. The molecule has 0 N–H and O–H groups in total. The first-order valence-corrected chi connectivity index (χ1v) is 18.7. The Morgan fingerprint density at radius 1 is 0.674 bits per heavy atom. The summed E-state index contributed by atoms with van der Waals surface area (Å²) >= 11 is 8.91. The molecule has 5 nitrogen and oxygen atoms in total. The number of hydrogen-bond acceptors (Lipinski definition) is 6. The zero-order valence-electron chi connectivity index (χ0n) is 28.3. The molecule has 2 rings (SSSR count). The zero-order chi connectivity index (χ0) is 32.3. The number of para-hydroxylation sites is 1. The quantitative estimate of drug-likeness (QED) is 0.124. The average molecular weight is 654 g/mol. The first-order valence-electron chi connectivity index (χ1n) is 17.0. The number of fused-ring (bicyclic) bond motifs is 1. The van der Waals surface area contributed by atoms with Crippen molar-refractivity contribution in [3.05, 3.63) is 29.3 Å². The van der Waals surface area contributed by atoms with Crippen molar-refractivity contribution < 1.29 is 9.59 Å². The molecule has 0 fully saturated rings. The van der Waals surface area contributed by atoms with E-state index in [-0.39, 0.29) is 16.7 Å². The monoisotopic (exact) mass is 653 g/mol. The molecule has 0 aliphatic heterocycles. The number of benzene rings is 1. The first-order chi connectivity index (χ1) is 20.8. The van der Waals surface area contributed by atoms with E-state index in [0.717, 1.165) is 10.2 Å². The van der Waals surface area contributed by atoms with Crippen LogP contribution in [0.1, 0.15) is 136 Å². The van der Waals surface area contributed by atoms with Crippen molar-refractivity contribution in [1.29, 1.82) is 0 Å². The predicted octanol–water partition coefficient (Wildman–Crippen LogP) is 10.1. The molecular formula is C35H63N3O2S3. The second kappa shape index (κ2) is 28.5. The topological polar surface area (TPSA) is 53.5 Å². The van der Waals surface area contributed by atoms with E-state index < -0.39 is 5.92 Å². The van der Waals surface area contributed by atoms with Crippen LogP contribution in [0.15, 0.2) is 24.3 Å². The van der Waals surface area contributed by atoms with Crippen LogP contribution in [0.3, 0.4) is 0 Å². The molecule has 0 amide bonds. The number of nitrogens with zero attached hydrogens (tertiary/aromatic N) is 3. The number of carbonyl (C=O) groups excluding carboxylic acids is 2. The Kier molecular flexibility index (Phi) is 27.9.